The lowest BCUT2D eigenvalue weighted by Crippen LogP contribution is -2.21. The number of hydrogen-bond acceptors (Lipinski definition) is 3. The number of para-hydroxylation sites is 2. The molecule has 0 radical (unpaired) electrons. The normalized spacial score (nSPS) is 11.7. The first-order valence-corrected chi connectivity index (χ1v) is 22.5. The number of anilines is 1. The average Bonchev–Trinajstić information content (AvgIpc) is 3.81. The third kappa shape index (κ3) is 7.30. The Bertz CT molecular complexity index is 2880. The number of unbranched alkanes of at least 4 members (excludes halogenated alkanes) is 4. The Labute approximate surface area is 365 Å². The second-order valence-corrected chi connectivity index (χ2v) is 16.9. The maximum absolute atomic E-state index is 15.9. The van der Waals surface area contributed by atoms with Crippen molar-refractivity contribution >= 4 is 60.6 Å². The van der Waals surface area contributed by atoms with E-state index in [-0.39, 0.29) is 11.6 Å². The van der Waals surface area contributed by atoms with Crippen LogP contribution in [0.2, 0.25) is 0 Å². The highest BCUT2D eigenvalue weighted by Crippen LogP contribution is 2.46. The molecule has 0 fully saturated rings. The number of fused-ring (bicyclic) bond motifs is 4. The topological polar surface area (TPSA) is 47.2 Å². The van der Waals surface area contributed by atoms with E-state index in [1.165, 1.54) is 0 Å². The highest BCUT2D eigenvalue weighted by molar-refractivity contribution is 6.24. The summed E-state index contributed by atoms with van der Waals surface area (Å²) in [6.45, 7) is 5.95. The molecule has 5 heteroatoms. The molecule has 2 aromatic heterocycles. The molecular formula is C57H55N3O2. The van der Waals surface area contributed by atoms with Gasteiger partial charge in [0.2, 0.25) is 0 Å². The molecule has 7 aromatic carbocycles. The monoisotopic (exact) mass is 813 g/mol. The summed E-state index contributed by atoms with van der Waals surface area (Å²) in [5, 5.41) is 5.79. The second-order valence-electron chi connectivity index (χ2n) is 16.9. The van der Waals surface area contributed by atoms with Crippen molar-refractivity contribution in [2.45, 2.75) is 71.4 Å². The van der Waals surface area contributed by atoms with Gasteiger partial charge in [-0.3, -0.25) is 9.59 Å². The van der Waals surface area contributed by atoms with E-state index in [2.05, 4.69) is 151 Å². The number of hydrogen-bond donors (Lipinski definition) is 0. The Morgan fingerprint density at radius 3 is 1.31 bits per heavy atom. The van der Waals surface area contributed by atoms with Gasteiger partial charge in [0, 0.05) is 77.2 Å². The SMILES string of the molecule is CCCCCn1c(C(c2ccc(N(C)C)cc2)c2c(C(=O)c3cccc4ccccc34)c3ccccc3n2CCCCC)c(C(=O)c2cccc3ccccc23)c2ccccc21. The van der Waals surface area contributed by atoms with Gasteiger partial charge in [0.05, 0.1) is 17.0 Å². The molecule has 0 unspecified atom stereocenters. The molecule has 9 aromatic rings. The van der Waals surface area contributed by atoms with E-state index in [1.807, 2.05) is 48.5 Å². The highest BCUT2D eigenvalue weighted by atomic mass is 16.1. The summed E-state index contributed by atoms with van der Waals surface area (Å²) < 4.78 is 4.88. The number of carbonyl (C=O) groups is 2. The minimum atomic E-state index is -0.489. The Balaban J connectivity index is 1.44. The standard InChI is InChI=1S/C57H55N3O2/c1-5-7-17-37-59-49-31-15-13-27-47(49)52(56(61)45-29-19-23-39-21-9-11-25-43(39)45)54(59)51(41-33-35-42(36-34-41)58(3)4)55-53(48-28-14-16-32-50(48)60(55)38-18-8-6-2)57(62)46-30-20-24-40-22-10-12-26-44(40)46/h9-16,19-36,51H,5-8,17-18,37-38H2,1-4H3. The van der Waals surface area contributed by atoms with Crippen molar-refractivity contribution in [3.8, 4) is 0 Å². The molecular weight excluding hydrogens is 759 g/mol. The Morgan fingerprint density at radius 1 is 0.468 bits per heavy atom. The van der Waals surface area contributed by atoms with E-state index in [0.717, 1.165) is 118 Å². The lowest BCUT2D eigenvalue weighted by atomic mass is 9.83. The van der Waals surface area contributed by atoms with Gasteiger partial charge in [0.1, 0.15) is 0 Å². The van der Waals surface area contributed by atoms with Crippen LogP contribution in [0.4, 0.5) is 5.69 Å². The van der Waals surface area contributed by atoms with Crippen molar-refractivity contribution in [3.05, 3.63) is 197 Å². The number of aryl methyl sites for hydroxylation is 2. The van der Waals surface area contributed by atoms with Crippen LogP contribution in [0.15, 0.2) is 158 Å². The summed E-state index contributed by atoms with van der Waals surface area (Å²) >= 11 is 0. The van der Waals surface area contributed by atoms with Gasteiger partial charge in [-0.05, 0) is 64.2 Å². The zero-order chi connectivity index (χ0) is 42.7. The third-order valence-electron chi connectivity index (χ3n) is 12.8. The quantitative estimate of drug-likeness (QED) is 0.0721. The number of rotatable bonds is 16. The molecule has 2 heterocycles. The molecule has 0 aliphatic rings. The van der Waals surface area contributed by atoms with E-state index in [4.69, 9.17) is 0 Å². The smallest absolute Gasteiger partial charge is 0.196 e. The molecule has 0 atom stereocenters. The third-order valence-corrected chi connectivity index (χ3v) is 12.8. The van der Waals surface area contributed by atoms with Gasteiger partial charge in [-0.25, -0.2) is 0 Å². The molecule has 5 nitrogen and oxygen atoms in total. The largest absolute Gasteiger partial charge is 0.378 e. The molecule has 0 N–H and O–H groups in total. The van der Waals surface area contributed by atoms with Crippen molar-refractivity contribution in [2.24, 2.45) is 0 Å². The molecule has 62 heavy (non-hydrogen) atoms. The van der Waals surface area contributed by atoms with E-state index >= 15 is 9.59 Å². The maximum Gasteiger partial charge on any atom is 0.196 e. The Hall–Kier alpha value is -6.72. The van der Waals surface area contributed by atoms with E-state index in [9.17, 15) is 0 Å². The molecule has 9 rings (SSSR count). The van der Waals surface area contributed by atoms with Gasteiger partial charge in [-0.2, -0.15) is 0 Å². The first-order valence-electron chi connectivity index (χ1n) is 22.5. The molecule has 0 spiro atoms. The first-order chi connectivity index (χ1) is 30.4. The van der Waals surface area contributed by atoms with Crippen LogP contribution in [0.5, 0.6) is 0 Å². The molecule has 0 aliphatic carbocycles. The number of ketones is 2. The summed E-state index contributed by atoms with van der Waals surface area (Å²) in [5.41, 5.74) is 8.81. The van der Waals surface area contributed by atoms with Gasteiger partial charge in [0.25, 0.3) is 0 Å². The van der Waals surface area contributed by atoms with Crippen LogP contribution in [0.1, 0.15) is 107 Å². The van der Waals surface area contributed by atoms with Crippen LogP contribution in [0.3, 0.4) is 0 Å². The van der Waals surface area contributed by atoms with Crippen molar-refractivity contribution in [2.75, 3.05) is 19.0 Å². The van der Waals surface area contributed by atoms with Crippen molar-refractivity contribution in [1.29, 1.82) is 0 Å². The fourth-order valence-electron chi connectivity index (χ4n) is 9.77. The molecule has 0 saturated carbocycles. The predicted molar refractivity (Wildman–Crippen MR) is 259 cm³/mol. The maximum atomic E-state index is 15.9. The zero-order valence-corrected chi connectivity index (χ0v) is 36.4. The van der Waals surface area contributed by atoms with Crippen LogP contribution in [-0.4, -0.2) is 34.8 Å². The fourth-order valence-corrected chi connectivity index (χ4v) is 9.77. The van der Waals surface area contributed by atoms with Gasteiger partial charge in [-0.1, -0.05) is 173 Å². The number of benzene rings is 7. The van der Waals surface area contributed by atoms with Crippen LogP contribution >= 0.6 is 0 Å². The van der Waals surface area contributed by atoms with Crippen molar-refractivity contribution in [1.82, 2.24) is 9.13 Å². The van der Waals surface area contributed by atoms with Crippen molar-refractivity contribution in [3.63, 3.8) is 0 Å². The van der Waals surface area contributed by atoms with Crippen LogP contribution < -0.4 is 4.90 Å². The number of aromatic nitrogens is 2. The lowest BCUT2D eigenvalue weighted by Gasteiger charge is -2.27. The zero-order valence-electron chi connectivity index (χ0n) is 36.4. The van der Waals surface area contributed by atoms with Crippen LogP contribution in [0.25, 0.3) is 43.4 Å². The van der Waals surface area contributed by atoms with Gasteiger partial charge in [0.15, 0.2) is 11.6 Å². The minimum absolute atomic E-state index is 0.00673. The summed E-state index contributed by atoms with van der Waals surface area (Å²) in [6, 6.07) is 54.2. The van der Waals surface area contributed by atoms with E-state index in [0.29, 0.717) is 22.3 Å². The Kier molecular flexibility index (Phi) is 11.6. The molecule has 0 bridgehead atoms. The highest BCUT2D eigenvalue weighted by Gasteiger charge is 2.37. The second kappa shape index (κ2) is 17.7. The average molecular weight is 814 g/mol. The lowest BCUT2D eigenvalue weighted by molar-refractivity contribution is 0.103. The Morgan fingerprint density at radius 2 is 0.871 bits per heavy atom. The summed E-state index contributed by atoms with van der Waals surface area (Å²) in [4.78, 5) is 33.9. The molecule has 310 valence electrons. The van der Waals surface area contributed by atoms with Gasteiger partial charge < -0.3 is 14.0 Å². The first kappa shape index (κ1) is 40.7. The van der Waals surface area contributed by atoms with Crippen molar-refractivity contribution < 1.29 is 9.59 Å². The predicted octanol–water partition coefficient (Wildman–Crippen LogP) is 14.0. The van der Waals surface area contributed by atoms with E-state index in [1.54, 1.807) is 0 Å². The van der Waals surface area contributed by atoms with Crippen LogP contribution in [-0.2, 0) is 13.1 Å². The summed E-state index contributed by atoms with van der Waals surface area (Å²) in [6.07, 6.45) is 6.17. The molecule has 0 amide bonds. The summed E-state index contributed by atoms with van der Waals surface area (Å²) in [5.74, 6) is -0.502. The van der Waals surface area contributed by atoms with Crippen LogP contribution in [0, 0.1) is 0 Å². The molecule has 0 aliphatic heterocycles. The minimum Gasteiger partial charge on any atom is -0.378 e. The fraction of sp³-hybridized carbons (Fsp3) is 0.228. The van der Waals surface area contributed by atoms with Gasteiger partial charge >= 0.3 is 0 Å². The molecule has 0 saturated heterocycles. The van der Waals surface area contributed by atoms with Gasteiger partial charge in [-0.15, -0.1) is 0 Å². The number of carbonyl (C=O) groups excluding carboxylic acids is 2. The number of nitrogens with zero attached hydrogens (tertiary/aromatic N) is 3. The summed E-state index contributed by atoms with van der Waals surface area (Å²) in [7, 11) is 4.12. The van der Waals surface area contributed by atoms with E-state index < -0.39 is 5.92 Å².